The van der Waals surface area contributed by atoms with Crippen molar-refractivity contribution in [3.05, 3.63) is 33.9 Å². The van der Waals surface area contributed by atoms with Crippen molar-refractivity contribution in [2.24, 2.45) is 0 Å². The topological polar surface area (TPSA) is 92.9 Å². The number of aliphatic hydroxyl groups is 1. The highest BCUT2D eigenvalue weighted by atomic mass is 16.6. The Kier molecular flexibility index (Phi) is 8.70. The number of aliphatic hydroxyl groups excluding tert-OH is 1. The van der Waals surface area contributed by atoms with Crippen LogP contribution in [-0.4, -0.2) is 40.0 Å². The number of nitro groups is 1. The van der Waals surface area contributed by atoms with E-state index in [0.717, 1.165) is 19.4 Å². The van der Waals surface area contributed by atoms with Crippen molar-refractivity contribution >= 4 is 11.6 Å². The average Bonchev–Trinajstić information content (AvgIpc) is 2.71. The summed E-state index contributed by atoms with van der Waals surface area (Å²) in [4.78, 5) is 25.3. The van der Waals surface area contributed by atoms with E-state index in [-0.39, 0.29) is 11.6 Å². The lowest BCUT2D eigenvalue weighted by atomic mass is 9.94. The first-order valence-electron chi connectivity index (χ1n) is 10.4. The highest BCUT2D eigenvalue weighted by molar-refractivity contribution is 5.76. The molecule has 1 aromatic carbocycles. The molecule has 1 amide bonds. The molecular formula is C21H32N2O5. The van der Waals surface area contributed by atoms with Crippen LogP contribution in [0.1, 0.15) is 76.9 Å². The molecule has 0 saturated heterocycles. The first kappa shape index (κ1) is 22.1. The van der Waals surface area contributed by atoms with Crippen molar-refractivity contribution in [1.82, 2.24) is 4.90 Å². The molecule has 1 saturated carbocycles. The molecule has 0 spiro atoms. The van der Waals surface area contributed by atoms with Crippen LogP contribution in [-0.2, 0) is 4.79 Å². The van der Waals surface area contributed by atoms with Gasteiger partial charge in [0.25, 0.3) is 5.69 Å². The molecule has 0 aliphatic heterocycles. The van der Waals surface area contributed by atoms with Crippen LogP contribution in [0.4, 0.5) is 5.69 Å². The van der Waals surface area contributed by atoms with Crippen molar-refractivity contribution in [1.29, 1.82) is 0 Å². The highest BCUT2D eigenvalue weighted by Crippen LogP contribution is 2.31. The molecule has 1 aromatic rings. The maximum absolute atomic E-state index is 12.5. The summed E-state index contributed by atoms with van der Waals surface area (Å²) in [6, 6.07) is 4.88. The van der Waals surface area contributed by atoms with E-state index in [4.69, 9.17) is 4.74 Å². The number of benzene rings is 1. The molecule has 1 unspecified atom stereocenters. The first-order chi connectivity index (χ1) is 13.5. The number of carbonyl (C=O) groups excluding carboxylic acids is 1. The van der Waals surface area contributed by atoms with E-state index in [2.05, 4.69) is 0 Å². The number of nitro benzene ring substituents is 1. The quantitative estimate of drug-likeness (QED) is 0.362. The second-order valence-corrected chi connectivity index (χ2v) is 7.33. The highest BCUT2D eigenvalue weighted by Gasteiger charge is 2.24. The molecule has 1 aliphatic carbocycles. The molecule has 0 bridgehead atoms. The van der Waals surface area contributed by atoms with Crippen LogP contribution >= 0.6 is 0 Å². The minimum absolute atomic E-state index is 0.141. The minimum Gasteiger partial charge on any atom is -0.493 e. The van der Waals surface area contributed by atoms with Crippen molar-refractivity contribution < 1.29 is 19.6 Å². The molecule has 0 radical (unpaired) electrons. The maximum Gasteiger partial charge on any atom is 0.278 e. The van der Waals surface area contributed by atoms with Gasteiger partial charge in [-0.15, -0.1) is 0 Å². The minimum atomic E-state index is -0.869. The Morgan fingerprint density at radius 2 is 2.04 bits per heavy atom. The van der Waals surface area contributed by atoms with Crippen molar-refractivity contribution in [3.8, 4) is 5.75 Å². The second kappa shape index (κ2) is 11.0. The number of rotatable bonds is 10. The van der Waals surface area contributed by atoms with Gasteiger partial charge in [-0.3, -0.25) is 14.9 Å². The van der Waals surface area contributed by atoms with Gasteiger partial charge in [0.2, 0.25) is 5.91 Å². The Morgan fingerprint density at radius 1 is 1.32 bits per heavy atom. The Bertz CT molecular complexity index is 658. The molecule has 1 aliphatic rings. The van der Waals surface area contributed by atoms with Gasteiger partial charge in [-0.05, 0) is 44.7 Å². The second-order valence-electron chi connectivity index (χ2n) is 7.33. The number of nitrogens with zero attached hydrogens (tertiary/aromatic N) is 2. The number of hydrogen-bond acceptors (Lipinski definition) is 5. The lowest BCUT2D eigenvalue weighted by molar-refractivity contribution is -0.386. The largest absolute Gasteiger partial charge is 0.493 e. The fraction of sp³-hybridized carbons (Fsp3) is 0.667. The zero-order valence-electron chi connectivity index (χ0n) is 16.9. The molecule has 1 N–H and O–H groups in total. The van der Waals surface area contributed by atoms with Gasteiger partial charge >= 0.3 is 0 Å². The zero-order valence-corrected chi connectivity index (χ0v) is 16.9. The molecule has 1 atom stereocenters. The molecule has 1 fully saturated rings. The van der Waals surface area contributed by atoms with Crippen LogP contribution in [0.15, 0.2) is 18.2 Å². The number of carbonyl (C=O) groups is 1. The van der Waals surface area contributed by atoms with Gasteiger partial charge in [0.15, 0.2) is 0 Å². The van der Waals surface area contributed by atoms with E-state index in [1.165, 1.54) is 31.4 Å². The van der Waals surface area contributed by atoms with Crippen molar-refractivity contribution in [2.75, 3.05) is 13.2 Å². The normalized spacial score (nSPS) is 15.8. The van der Waals surface area contributed by atoms with Gasteiger partial charge in [0, 0.05) is 19.0 Å². The standard InChI is InChI=1S/C21H32N2O5/c1-3-20(24)18-13-12-17(15-19(18)23(26)27)28-14-8-11-21(25)22(4-2)16-9-6-5-7-10-16/h12-13,15-16,20,24H,3-11,14H2,1-2H3. The molecule has 2 rings (SSSR count). The van der Waals surface area contributed by atoms with E-state index < -0.39 is 11.0 Å². The predicted molar refractivity (Wildman–Crippen MR) is 107 cm³/mol. The van der Waals surface area contributed by atoms with E-state index in [0.29, 0.717) is 43.2 Å². The van der Waals surface area contributed by atoms with Crippen LogP contribution in [0.25, 0.3) is 0 Å². The molecule has 7 nitrogen and oxygen atoms in total. The third kappa shape index (κ3) is 5.92. The van der Waals surface area contributed by atoms with Crippen molar-refractivity contribution in [3.63, 3.8) is 0 Å². The van der Waals surface area contributed by atoms with Crippen molar-refractivity contribution in [2.45, 2.75) is 77.4 Å². The number of hydrogen-bond donors (Lipinski definition) is 1. The molecule has 28 heavy (non-hydrogen) atoms. The third-order valence-electron chi connectivity index (χ3n) is 5.42. The summed E-state index contributed by atoms with van der Waals surface area (Å²) < 4.78 is 5.62. The smallest absolute Gasteiger partial charge is 0.278 e. The summed E-state index contributed by atoms with van der Waals surface area (Å²) in [5, 5.41) is 21.2. The Hall–Kier alpha value is -2.15. The first-order valence-corrected chi connectivity index (χ1v) is 10.4. The van der Waals surface area contributed by atoms with Crippen LogP contribution in [0.5, 0.6) is 5.75 Å². The van der Waals surface area contributed by atoms with Gasteiger partial charge in [-0.25, -0.2) is 0 Å². The summed E-state index contributed by atoms with van der Waals surface area (Å²) >= 11 is 0. The molecular weight excluding hydrogens is 360 g/mol. The Labute approximate surface area is 166 Å². The lowest BCUT2D eigenvalue weighted by Crippen LogP contribution is -2.41. The number of amides is 1. The molecule has 7 heteroatoms. The Morgan fingerprint density at radius 3 is 2.64 bits per heavy atom. The summed E-state index contributed by atoms with van der Waals surface area (Å²) in [5.41, 5.74) is 0.151. The third-order valence-corrected chi connectivity index (χ3v) is 5.42. The maximum atomic E-state index is 12.5. The van der Waals surface area contributed by atoms with Gasteiger partial charge in [0.1, 0.15) is 5.75 Å². The van der Waals surface area contributed by atoms with Gasteiger partial charge in [-0.2, -0.15) is 0 Å². The van der Waals surface area contributed by atoms with Crippen LogP contribution in [0.2, 0.25) is 0 Å². The van der Waals surface area contributed by atoms with Crippen LogP contribution in [0, 0.1) is 10.1 Å². The van der Waals surface area contributed by atoms with E-state index >= 15 is 0 Å². The predicted octanol–water partition coefficient (Wildman–Crippen LogP) is 4.38. The zero-order chi connectivity index (χ0) is 20.5. The summed E-state index contributed by atoms with van der Waals surface area (Å²) in [6.07, 6.45) is 6.35. The fourth-order valence-corrected chi connectivity index (χ4v) is 3.86. The van der Waals surface area contributed by atoms with E-state index in [9.17, 15) is 20.0 Å². The van der Waals surface area contributed by atoms with Crippen LogP contribution < -0.4 is 4.74 Å². The fourth-order valence-electron chi connectivity index (χ4n) is 3.86. The lowest BCUT2D eigenvalue weighted by Gasteiger charge is -2.33. The molecule has 0 heterocycles. The SMILES string of the molecule is CCC(O)c1ccc(OCCCC(=O)N(CC)C2CCCCC2)cc1[N+](=O)[O-]. The molecule has 0 aromatic heterocycles. The van der Waals surface area contributed by atoms with E-state index in [1.54, 1.807) is 13.0 Å². The van der Waals surface area contributed by atoms with E-state index in [1.807, 2.05) is 11.8 Å². The molecule has 156 valence electrons. The van der Waals surface area contributed by atoms with Gasteiger partial charge < -0.3 is 14.7 Å². The summed E-state index contributed by atoms with van der Waals surface area (Å²) in [5.74, 6) is 0.538. The van der Waals surface area contributed by atoms with Gasteiger partial charge in [-0.1, -0.05) is 26.2 Å². The van der Waals surface area contributed by atoms with Gasteiger partial charge in [0.05, 0.1) is 29.3 Å². The average molecular weight is 392 g/mol. The Balaban J connectivity index is 1.86. The summed E-state index contributed by atoms with van der Waals surface area (Å²) in [7, 11) is 0. The monoisotopic (exact) mass is 392 g/mol. The van der Waals surface area contributed by atoms with Crippen LogP contribution in [0.3, 0.4) is 0 Å². The number of ether oxygens (including phenoxy) is 1. The summed E-state index contributed by atoms with van der Waals surface area (Å²) in [6.45, 7) is 4.84.